The minimum absolute atomic E-state index is 0.183. The number of nitrogens with zero attached hydrogens (tertiary/aromatic N) is 3. The maximum absolute atomic E-state index is 15.8. The highest BCUT2D eigenvalue weighted by atomic mass is 35.5. The molecule has 2 atom stereocenters. The Morgan fingerprint density at radius 2 is 1.79 bits per heavy atom. The number of rotatable bonds is 6. The number of imidazole rings is 1. The minimum atomic E-state index is -4.95. The standard InChI is InChI=1S/C33H33BClF6N7/c1-7-44-30-47(6)28-24(48(30)31(3,4)32(5,34)38)13-23(26-25(28)15(2)45-27(26)19-10-16(36)8-9-22(19)35)46-29(43)18-11-17(37)12-21(20(18)14-42)33(39,40)41/h8-14,27,45-46H,2,7,42-43H2,1,3-6H3/b20-14+,29-18+,44-30?. The van der Waals surface area contributed by atoms with Gasteiger partial charge in [-0.1, -0.05) is 18.2 Å². The number of hydrogen-bond acceptors (Lipinski definition) is 5. The summed E-state index contributed by atoms with van der Waals surface area (Å²) in [5.41, 5.74) is 10.1. The van der Waals surface area contributed by atoms with E-state index in [1.165, 1.54) is 25.1 Å². The van der Waals surface area contributed by atoms with Gasteiger partial charge >= 0.3 is 6.18 Å². The van der Waals surface area contributed by atoms with E-state index in [9.17, 15) is 22.0 Å². The SMILES string of the molecule is [B]C(C)(F)C(C)(C)n1c(=NCC)n(C)c2c3c(c(N/C(N)=c4\cc(F)cc(C(F)(F)F)\c4=C\N)cc21)C(c1cc(F)ccc1Cl)NC3=C. The first-order valence-electron chi connectivity index (χ1n) is 14.8. The molecule has 7 nitrogen and oxygen atoms in total. The van der Waals surface area contributed by atoms with E-state index in [2.05, 4.69) is 22.2 Å². The van der Waals surface area contributed by atoms with E-state index in [4.69, 9.17) is 30.9 Å². The zero-order valence-corrected chi connectivity index (χ0v) is 27.5. The predicted octanol–water partition coefficient (Wildman–Crippen LogP) is 4.94. The van der Waals surface area contributed by atoms with Gasteiger partial charge in [-0.2, -0.15) is 13.2 Å². The molecule has 6 N–H and O–H groups in total. The van der Waals surface area contributed by atoms with Crippen molar-refractivity contribution < 1.29 is 26.3 Å². The molecule has 0 aliphatic carbocycles. The molecule has 1 aliphatic rings. The van der Waals surface area contributed by atoms with Gasteiger partial charge in [0.1, 0.15) is 25.3 Å². The van der Waals surface area contributed by atoms with Crippen LogP contribution in [0, 0.1) is 11.6 Å². The fourth-order valence-electron chi connectivity index (χ4n) is 6.09. The van der Waals surface area contributed by atoms with E-state index in [1.807, 2.05) is 6.92 Å². The molecule has 5 rings (SSSR count). The molecular formula is C33H33BClF6N7. The van der Waals surface area contributed by atoms with Gasteiger partial charge in [0, 0.05) is 63.3 Å². The molecule has 0 fully saturated rings. The number of alkyl halides is 4. The second-order valence-corrected chi connectivity index (χ2v) is 12.6. The van der Waals surface area contributed by atoms with Gasteiger partial charge in [0.05, 0.1) is 33.7 Å². The van der Waals surface area contributed by atoms with Crippen molar-refractivity contribution in [1.29, 1.82) is 0 Å². The number of halogens is 7. The fourth-order valence-corrected chi connectivity index (χ4v) is 6.32. The van der Waals surface area contributed by atoms with Crippen LogP contribution in [0.4, 0.5) is 32.0 Å². The van der Waals surface area contributed by atoms with Gasteiger partial charge < -0.3 is 31.2 Å². The monoisotopic (exact) mass is 687 g/mol. The van der Waals surface area contributed by atoms with Crippen LogP contribution in [0.3, 0.4) is 0 Å². The zero-order chi connectivity index (χ0) is 35.7. The number of aryl methyl sites for hydroxylation is 1. The molecule has 1 aliphatic heterocycles. The number of hydrogen-bond donors (Lipinski definition) is 4. The van der Waals surface area contributed by atoms with Crippen LogP contribution < -0.4 is 38.2 Å². The summed E-state index contributed by atoms with van der Waals surface area (Å²) >= 11 is 6.56. The number of benzene rings is 3. The first kappa shape index (κ1) is 34.9. The summed E-state index contributed by atoms with van der Waals surface area (Å²) in [6.45, 7) is 10.8. The molecule has 2 unspecified atom stereocenters. The van der Waals surface area contributed by atoms with Crippen molar-refractivity contribution in [3.63, 3.8) is 0 Å². The highest BCUT2D eigenvalue weighted by molar-refractivity contribution is 6.31. The fraction of sp³-hybridized carbons (Fsp3) is 0.303. The molecule has 1 aromatic heterocycles. The third-order valence-corrected chi connectivity index (χ3v) is 9.15. The second-order valence-electron chi connectivity index (χ2n) is 12.2. The summed E-state index contributed by atoms with van der Waals surface area (Å²) in [7, 11) is 7.80. The summed E-state index contributed by atoms with van der Waals surface area (Å²) in [6.07, 6.45) is -4.26. The van der Waals surface area contributed by atoms with Gasteiger partial charge in [-0.15, -0.1) is 0 Å². The highest BCUT2D eigenvalue weighted by Crippen LogP contribution is 2.47. The summed E-state index contributed by atoms with van der Waals surface area (Å²) in [4.78, 5) is 4.65. The lowest BCUT2D eigenvalue weighted by molar-refractivity contribution is -0.138. The van der Waals surface area contributed by atoms with E-state index in [0.717, 1.165) is 6.07 Å². The Morgan fingerprint density at radius 3 is 2.38 bits per heavy atom. The molecule has 2 heterocycles. The van der Waals surface area contributed by atoms with E-state index < -0.39 is 51.6 Å². The summed E-state index contributed by atoms with van der Waals surface area (Å²) in [6, 6.07) is 5.71. The largest absolute Gasteiger partial charge is 0.417 e. The normalized spacial score (nSPS) is 17.8. The molecule has 3 aromatic carbocycles. The van der Waals surface area contributed by atoms with Crippen LogP contribution in [0.15, 0.2) is 48.0 Å². The van der Waals surface area contributed by atoms with Gasteiger partial charge in [0.2, 0.25) is 5.62 Å². The van der Waals surface area contributed by atoms with Crippen LogP contribution in [0.25, 0.3) is 28.8 Å². The van der Waals surface area contributed by atoms with Gasteiger partial charge in [0.25, 0.3) is 0 Å². The smallest absolute Gasteiger partial charge is 0.404 e. The molecule has 0 saturated heterocycles. The van der Waals surface area contributed by atoms with Crippen molar-refractivity contribution in [3.05, 3.63) is 97.9 Å². The van der Waals surface area contributed by atoms with E-state index in [1.54, 1.807) is 36.1 Å². The molecular weight excluding hydrogens is 655 g/mol. The Kier molecular flexibility index (Phi) is 8.65. The Morgan fingerprint density at radius 1 is 1.12 bits per heavy atom. The first-order chi connectivity index (χ1) is 22.2. The van der Waals surface area contributed by atoms with Crippen LogP contribution >= 0.6 is 11.6 Å². The Labute approximate surface area is 278 Å². The van der Waals surface area contributed by atoms with Gasteiger partial charge in [0.15, 0.2) is 0 Å². The van der Waals surface area contributed by atoms with Crippen LogP contribution in [-0.2, 0) is 18.8 Å². The average molecular weight is 688 g/mol. The topological polar surface area (TPSA) is 98.3 Å². The Balaban J connectivity index is 1.98. The number of aromatic nitrogens is 2. The highest BCUT2D eigenvalue weighted by Gasteiger charge is 2.42. The molecule has 48 heavy (non-hydrogen) atoms. The van der Waals surface area contributed by atoms with Crippen molar-refractivity contribution in [2.75, 3.05) is 11.9 Å². The lowest BCUT2D eigenvalue weighted by Gasteiger charge is -2.37. The molecule has 0 bridgehead atoms. The molecule has 4 aromatic rings. The number of nitrogens with two attached hydrogens (primary N) is 2. The maximum atomic E-state index is 15.8. The van der Waals surface area contributed by atoms with Gasteiger partial charge in [-0.25, -0.2) is 8.78 Å². The summed E-state index contributed by atoms with van der Waals surface area (Å²) in [5.74, 6) is -2.17. The summed E-state index contributed by atoms with van der Waals surface area (Å²) in [5, 5.41) is 5.47. The molecule has 0 spiro atoms. The molecule has 0 saturated carbocycles. The average Bonchev–Trinajstić information content (AvgIpc) is 3.46. The van der Waals surface area contributed by atoms with Gasteiger partial charge in [-0.05, 0) is 64.1 Å². The molecule has 252 valence electrons. The molecule has 2 radical (unpaired) electrons. The van der Waals surface area contributed by atoms with Crippen LogP contribution in [0.1, 0.15) is 56.0 Å². The van der Waals surface area contributed by atoms with Crippen molar-refractivity contribution in [3.8, 4) is 0 Å². The van der Waals surface area contributed by atoms with Crippen molar-refractivity contribution in [2.45, 2.75) is 51.0 Å². The van der Waals surface area contributed by atoms with E-state index in [0.29, 0.717) is 57.9 Å². The zero-order valence-electron chi connectivity index (χ0n) is 26.8. The van der Waals surface area contributed by atoms with Crippen molar-refractivity contribution in [1.82, 2.24) is 14.5 Å². The minimum Gasteiger partial charge on any atom is -0.404 e. The third kappa shape index (κ3) is 5.59. The number of nitrogens with one attached hydrogen (secondary N) is 2. The van der Waals surface area contributed by atoms with Crippen LogP contribution in [0.2, 0.25) is 5.02 Å². The lowest BCUT2D eigenvalue weighted by atomic mass is 9.71. The number of fused-ring (bicyclic) bond motifs is 3. The lowest BCUT2D eigenvalue weighted by Crippen LogP contribution is -2.51. The van der Waals surface area contributed by atoms with Crippen molar-refractivity contribution >= 4 is 53.9 Å². The maximum Gasteiger partial charge on any atom is 0.417 e. The summed E-state index contributed by atoms with van der Waals surface area (Å²) < 4.78 is 90.1. The second kappa shape index (κ2) is 11.9. The predicted molar refractivity (Wildman–Crippen MR) is 178 cm³/mol. The number of anilines is 1. The van der Waals surface area contributed by atoms with Gasteiger partial charge in [-0.3, -0.25) is 9.38 Å². The van der Waals surface area contributed by atoms with Crippen LogP contribution in [-0.4, -0.2) is 29.1 Å². The first-order valence-corrected chi connectivity index (χ1v) is 15.2. The van der Waals surface area contributed by atoms with E-state index in [-0.39, 0.29) is 15.9 Å². The Hall–Kier alpha value is -4.46. The molecule has 0 amide bonds. The quantitative estimate of drug-likeness (QED) is 0.171. The van der Waals surface area contributed by atoms with Crippen LogP contribution in [0.5, 0.6) is 0 Å². The third-order valence-electron chi connectivity index (χ3n) is 8.81. The molecule has 15 heteroatoms. The van der Waals surface area contributed by atoms with E-state index >= 15 is 4.39 Å². The Bertz CT molecular complexity index is 2180. The van der Waals surface area contributed by atoms with Crippen molar-refractivity contribution in [2.24, 2.45) is 23.5 Å².